The van der Waals surface area contributed by atoms with Gasteiger partial charge in [0.05, 0.1) is 5.75 Å². The third kappa shape index (κ3) is 4.54. The topological polar surface area (TPSA) is 57.7 Å². The van der Waals surface area contributed by atoms with Crippen molar-refractivity contribution >= 4 is 15.9 Å². The molecule has 5 nitrogen and oxygen atoms in total. The normalized spacial score (nSPS) is 22.3. The average Bonchev–Trinajstić information content (AvgIpc) is 2.53. The summed E-state index contributed by atoms with van der Waals surface area (Å²) >= 11 is 0. The molecular formula is C17H26N2O3S. The fourth-order valence-electron chi connectivity index (χ4n) is 3.12. The van der Waals surface area contributed by atoms with Crippen molar-refractivity contribution in [3.05, 3.63) is 35.9 Å². The molecule has 1 aliphatic rings. The molecule has 1 amide bonds. The molecule has 0 spiro atoms. The summed E-state index contributed by atoms with van der Waals surface area (Å²) in [6.07, 6.45) is 0.987. The van der Waals surface area contributed by atoms with E-state index in [0.717, 1.165) is 6.42 Å². The van der Waals surface area contributed by atoms with Gasteiger partial charge in [-0.3, -0.25) is 4.79 Å². The van der Waals surface area contributed by atoms with Gasteiger partial charge in [-0.1, -0.05) is 37.3 Å². The highest BCUT2D eigenvalue weighted by molar-refractivity contribution is 7.89. The van der Waals surface area contributed by atoms with E-state index in [2.05, 4.69) is 19.1 Å². The number of carbonyl (C=O) groups excluding carboxylic acids is 1. The lowest BCUT2D eigenvalue weighted by Gasteiger charge is -2.37. The number of rotatable bonds is 5. The largest absolute Gasteiger partial charge is 0.342 e. The summed E-state index contributed by atoms with van der Waals surface area (Å²) in [6.45, 7) is 3.55. The van der Waals surface area contributed by atoms with Crippen LogP contribution in [0.5, 0.6) is 0 Å². The van der Waals surface area contributed by atoms with Crippen molar-refractivity contribution in [2.24, 2.45) is 5.92 Å². The average molecular weight is 338 g/mol. The fraction of sp³-hybridized carbons (Fsp3) is 0.588. The summed E-state index contributed by atoms with van der Waals surface area (Å²) in [5.41, 5.74) is 1.32. The van der Waals surface area contributed by atoms with Crippen LogP contribution >= 0.6 is 0 Å². The van der Waals surface area contributed by atoms with Gasteiger partial charge >= 0.3 is 0 Å². The molecule has 1 saturated heterocycles. The van der Waals surface area contributed by atoms with E-state index < -0.39 is 10.0 Å². The zero-order valence-electron chi connectivity index (χ0n) is 14.1. The number of nitrogens with zero attached hydrogens (tertiary/aromatic N) is 2. The number of piperidine rings is 1. The van der Waals surface area contributed by atoms with Crippen LogP contribution < -0.4 is 0 Å². The van der Waals surface area contributed by atoms with E-state index in [0.29, 0.717) is 24.9 Å². The first-order chi connectivity index (χ1) is 10.8. The molecule has 1 aromatic carbocycles. The molecule has 6 heteroatoms. The Morgan fingerprint density at radius 3 is 2.48 bits per heavy atom. The van der Waals surface area contributed by atoms with Gasteiger partial charge < -0.3 is 4.90 Å². The molecule has 0 saturated carbocycles. The van der Waals surface area contributed by atoms with Gasteiger partial charge in [0, 0.05) is 33.6 Å². The molecular weight excluding hydrogens is 312 g/mol. The molecule has 0 unspecified atom stereocenters. The molecule has 0 aliphatic carbocycles. The van der Waals surface area contributed by atoms with Gasteiger partial charge in [-0.15, -0.1) is 0 Å². The van der Waals surface area contributed by atoms with Crippen molar-refractivity contribution < 1.29 is 13.2 Å². The second-order valence-corrected chi connectivity index (χ2v) is 8.77. The van der Waals surface area contributed by atoms with Crippen LogP contribution in [-0.2, 0) is 14.8 Å². The van der Waals surface area contributed by atoms with Crippen molar-refractivity contribution in [1.29, 1.82) is 0 Å². The number of carbonyl (C=O) groups is 1. The minimum absolute atomic E-state index is 0.0588. The Labute approximate surface area is 139 Å². The molecule has 0 aromatic heterocycles. The maximum Gasteiger partial charge on any atom is 0.223 e. The Morgan fingerprint density at radius 2 is 1.91 bits per heavy atom. The first kappa shape index (κ1) is 17.9. The molecule has 1 aliphatic heterocycles. The molecule has 0 bridgehead atoms. The standard InChI is InChI=1S/C17H26N2O3S/c1-14-13-19(17(20)10-12-23(21,22)18(2)3)11-9-16(14)15-7-5-4-6-8-15/h4-8,14,16H,9-13H2,1-3H3/t14-,16+/m0/s1. The Bertz CT molecular complexity index is 628. The van der Waals surface area contributed by atoms with Gasteiger partial charge in [0.1, 0.15) is 0 Å². The summed E-state index contributed by atoms with van der Waals surface area (Å²) < 4.78 is 24.7. The molecule has 1 aromatic rings. The summed E-state index contributed by atoms with van der Waals surface area (Å²) in [6, 6.07) is 10.4. The third-order valence-corrected chi connectivity index (χ3v) is 6.45. The zero-order chi connectivity index (χ0) is 17.0. The lowest BCUT2D eigenvalue weighted by atomic mass is 9.81. The number of hydrogen-bond donors (Lipinski definition) is 0. The second kappa shape index (κ2) is 7.45. The fourth-order valence-corrected chi connectivity index (χ4v) is 3.92. The Morgan fingerprint density at radius 1 is 1.26 bits per heavy atom. The minimum atomic E-state index is -3.31. The molecule has 1 fully saturated rings. The SMILES string of the molecule is C[C@H]1CN(C(=O)CCS(=O)(=O)N(C)C)CC[C@H]1c1ccccc1. The summed E-state index contributed by atoms with van der Waals surface area (Å²) in [4.78, 5) is 14.1. The maximum atomic E-state index is 12.3. The summed E-state index contributed by atoms with van der Waals surface area (Å²) in [5, 5.41) is 0. The van der Waals surface area contributed by atoms with Gasteiger partial charge in [-0.2, -0.15) is 0 Å². The van der Waals surface area contributed by atoms with Crippen LogP contribution in [0.2, 0.25) is 0 Å². The van der Waals surface area contributed by atoms with Crippen molar-refractivity contribution in [3.63, 3.8) is 0 Å². The van der Waals surface area contributed by atoms with Crippen LogP contribution in [0.15, 0.2) is 30.3 Å². The maximum absolute atomic E-state index is 12.3. The number of benzene rings is 1. The Kier molecular flexibility index (Phi) is 5.81. The lowest BCUT2D eigenvalue weighted by molar-refractivity contribution is -0.132. The molecule has 23 heavy (non-hydrogen) atoms. The predicted octanol–water partition coefficient (Wildman–Crippen LogP) is 1.92. The highest BCUT2D eigenvalue weighted by atomic mass is 32.2. The smallest absolute Gasteiger partial charge is 0.223 e. The molecule has 0 N–H and O–H groups in total. The van der Waals surface area contributed by atoms with E-state index in [-0.39, 0.29) is 18.1 Å². The first-order valence-electron chi connectivity index (χ1n) is 8.04. The number of sulfonamides is 1. The van der Waals surface area contributed by atoms with Gasteiger partial charge in [0.15, 0.2) is 0 Å². The molecule has 2 atom stereocenters. The third-order valence-electron chi connectivity index (χ3n) is 4.62. The van der Waals surface area contributed by atoms with Crippen LogP contribution in [0, 0.1) is 5.92 Å². The van der Waals surface area contributed by atoms with Crippen molar-refractivity contribution in [2.75, 3.05) is 32.9 Å². The van der Waals surface area contributed by atoms with Gasteiger partial charge in [0.2, 0.25) is 15.9 Å². The highest BCUT2D eigenvalue weighted by Gasteiger charge is 2.30. The van der Waals surface area contributed by atoms with Gasteiger partial charge in [0.25, 0.3) is 0 Å². The van der Waals surface area contributed by atoms with Crippen LogP contribution in [0.1, 0.15) is 31.2 Å². The monoisotopic (exact) mass is 338 g/mol. The number of amides is 1. The Hall–Kier alpha value is -1.40. The quantitative estimate of drug-likeness (QED) is 0.824. The van der Waals surface area contributed by atoms with Crippen LogP contribution in [0.4, 0.5) is 0 Å². The van der Waals surface area contributed by atoms with Gasteiger partial charge in [-0.05, 0) is 23.8 Å². The van der Waals surface area contributed by atoms with E-state index in [1.807, 2.05) is 23.1 Å². The second-order valence-electron chi connectivity index (χ2n) is 6.47. The number of hydrogen-bond acceptors (Lipinski definition) is 3. The van der Waals surface area contributed by atoms with E-state index in [4.69, 9.17) is 0 Å². The lowest BCUT2D eigenvalue weighted by Crippen LogP contribution is -2.43. The van der Waals surface area contributed by atoms with Crippen LogP contribution in [0.25, 0.3) is 0 Å². The highest BCUT2D eigenvalue weighted by Crippen LogP contribution is 2.32. The molecule has 0 radical (unpaired) electrons. The van der Waals surface area contributed by atoms with Crippen molar-refractivity contribution in [1.82, 2.24) is 9.21 Å². The van der Waals surface area contributed by atoms with E-state index >= 15 is 0 Å². The molecule has 1 heterocycles. The molecule has 2 rings (SSSR count). The van der Waals surface area contributed by atoms with Crippen LogP contribution in [0.3, 0.4) is 0 Å². The zero-order valence-corrected chi connectivity index (χ0v) is 14.9. The van der Waals surface area contributed by atoms with E-state index in [1.165, 1.54) is 24.0 Å². The van der Waals surface area contributed by atoms with E-state index in [9.17, 15) is 13.2 Å². The Balaban J connectivity index is 1.91. The first-order valence-corrected chi connectivity index (χ1v) is 9.65. The van der Waals surface area contributed by atoms with Crippen LogP contribution in [-0.4, -0.2) is 56.5 Å². The van der Waals surface area contributed by atoms with Crippen molar-refractivity contribution in [3.8, 4) is 0 Å². The summed E-state index contributed by atoms with van der Waals surface area (Å²) in [5.74, 6) is 0.659. The predicted molar refractivity (Wildman–Crippen MR) is 91.6 cm³/mol. The molecule has 128 valence electrons. The van der Waals surface area contributed by atoms with Gasteiger partial charge in [-0.25, -0.2) is 12.7 Å². The summed E-state index contributed by atoms with van der Waals surface area (Å²) in [7, 11) is -0.327. The van der Waals surface area contributed by atoms with Crippen molar-refractivity contribution in [2.45, 2.75) is 25.7 Å². The minimum Gasteiger partial charge on any atom is -0.342 e. The van der Waals surface area contributed by atoms with E-state index in [1.54, 1.807) is 0 Å². The number of likely N-dealkylation sites (tertiary alicyclic amines) is 1.